The van der Waals surface area contributed by atoms with Crippen LogP contribution < -0.4 is 15.5 Å². The normalized spacial score (nSPS) is 11.0. The molecule has 0 aliphatic rings. The molecule has 0 saturated carbocycles. The van der Waals surface area contributed by atoms with Crippen LogP contribution in [0, 0.1) is 0 Å². The van der Waals surface area contributed by atoms with E-state index in [9.17, 15) is 0 Å². The number of anilines is 1. The highest BCUT2D eigenvalue weighted by Gasteiger charge is 2.07. The molecule has 0 spiro atoms. The lowest BCUT2D eigenvalue weighted by Gasteiger charge is -2.15. The molecule has 0 amide bonds. The Kier molecular flexibility index (Phi) is 8.43. The summed E-state index contributed by atoms with van der Waals surface area (Å²) >= 11 is 0. The van der Waals surface area contributed by atoms with Gasteiger partial charge in [-0.1, -0.05) is 24.3 Å². The molecule has 0 saturated heterocycles. The van der Waals surface area contributed by atoms with E-state index >= 15 is 0 Å². The van der Waals surface area contributed by atoms with E-state index in [0.717, 1.165) is 40.5 Å². The minimum absolute atomic E-state index is 0. The second-order valence-corrected chi connectivity index (χ2v) is 6.42. The molecule has 3 aromatic rings. The average Bonchev–Trinajstić information content (AvgIpc) is 2.70. The molecular weight excluding hydrogens is 463 g/mol. The minimum Gasteiger partial charge on any atom is -0.363 e. The van der Waals surface area contributed by atoms with Gasteiger partial charge >= 0.3 is 0 Å². The maximum Gasteiger partial charge on any atom is 0.191 e. The number of pyridine rings is 2. The number of guanidine groups is 1. The zero-order chi connectivity index (χ0) is 19.1. The minimum atomic E-state index is 0. The number of aromatic nitrogens is 2. The molecular formula is C21H27IN6. The standard InChI is InChI=1S/C21H26N6.HI/c1-4-22-21(25-15-17-9-7-8-12-23-17)24-14-16-13-20(27(2)3)26-19-11-6-5-10-18(16)19;/h5-13H,4,14-15H2,1-3H3,(H2,22,24,25);1H. The van der Waals surface area contributed by atoms with Crippen LogP contribution in [0.4, 0.5) is 5.82 Å². The van der Waals surface area contributed by atoms with Crippen molar-refractivity contribution in [3.63, 3.8) is 0 Å². The summed E-state index contributed by atoms with van der Waals surface area (Å²) in [5.41, 5.74) is 3.12. The lowest BCUT2D eigenvalue weighted by molar-refractivity contribution is 0.800. The maximum absolute atomic E-state index is 4.77. The quantitative estimate of drug-likeness (QED) is 0.314. The van der Waals surface area contributed by atoms with Crippen LogP contribution in [0.25, 0.3) is 10.9 Å². The van der Waals surface area contributed by atoms with Crippen LogP contribution in [0.3, 0.4) is 0 Å². The number of rotatable bonds is 6. The van der Waals surface area contributed by atoms with Gasteiger partial charge in [-0.25, -0.2) is 9.98 Å². The highest BCUT2D eigenvalue weighted by Crippen LogP contribution is 2.22. The van der Waals surface area contributed by atoms with Crippen molar-refractivity contribution < 1.29 is 0 Å². The maximum atomic E-state index is 4.77. The van der Waals surface area contributed by atoms with Crippen LogP contribution in [0.5, 0.6) is 0 Å². The van der Waals surface area contributed by atoms with E-state index in [1.54, 1.807) is 6.20 Å². The van der Waals surface area contributed by atoms with Crippen LogP contribution in [0.2, 0.25) is 0 Å². The molecule has 0 radical (unpaired) electrons. The lowest BCUT2D eigenvalue weighted by atomic mass is 10.1. The molecule has 0 aliphatic carbocycles. The van der Waals surface area contributed by atoms with Crippen LogP contribution in [0.1, 0.15) is 18.2 Å². The van der Waals surface area contributed by atoms with Crippen molar-refractivity contribution in [2.45, 2.75) is 20.0 Å². The Bertz CT molecular complexity index is 911. The van der Waals surface area contributed by atoms with Crippen molar-refractivity contribution in [3.05, 3.63) is 66.0 Å². The predicted molar refractivity (Wildman–Crippen MR) is 127 cm³/mol. The zero-order valence-corrected chi connectivity index (χ0v) is 18.8. The Hall–Kier alpha value is -2.42. The van der Waals surface area contributed by atoms with E-state index in [1.165, 1.54) is 0 Å². The summed E-state index contributed by atoms with van der Waals surface area (Å²) in [7, 11) is 4.01. The first kappa shape index (κ1) is 21.9. The smallest absolute Gasteiger partial charge is 0.191 e. The first-order valence-electron chi connectivity index (χ1n) is 9.15. The van der Waals surface area contributed by atoms with Crippen LogP contribution in [-0.4, -0.2) is 36.6 Å². The molecule has 0 fully saturated rings. The SMILES string of the molecule is CCNC(=NCc1cc(N(C)C)nc2ccccc12)NCc1ccccn1.I. The summed E-state index contributed by atoms with van der Waals surface area (Å²) in [6.07, 6.45) is 1.80. The second-order valence-electron chi connectivity index (χ2n) is 6.42. The summed E-state index contributed by atoms with van der Waals surface area (Å²) in [6.45, 7) is 4.06. The van der Waals surface area contributed by atoms with Gasteiger partial charge in [0.25, 0.3) is 0 Å². The Morgan fingerprint density at radius 2 is 1.86 bits per heavy atom. The molecule has 6 nitrogen and oxygen atoms in total. The molecule has 0 aliphatic heterocycles. The van der Waals surface area contributed by atoms with Gasteiger partial charge in [0.2, 0.25) is 0 Å². The first-order chi connectivity index (χ1) is 13.2. The van der Waals surface area contributed by atoms with E-state index in [0.29, 0.717) is 13.1 Å². The summed E-state index contributed by atoms with van der Waals surface area (Å²) < 4.78 is 0. The monoisotopic (exact) mass is 490 g/mol. The van der Waals surface area contributed by atoms with Gasteiger partial charge in [0.15, 0.2) is 5.96 Å². The third kappa shape index (κ3) is 5.79. The van der Waals surface area contributed by atoms with E-state index in [1.807, 2.05) is 55.4 Å². The second kappa shape index (κ2) is 10.8. The molecule has 0 atom stereocenters. The molecule has 1 aromatic carbocycles. The molecule has 2 aromatic heterocycles. The van der Waals surface area contributed by atoms with Gasteiger partial charge in [0.1, 0.15) is 5.82 Å². The number of halogens is 1. The molecule has 3 rings (SSSR count). The van der Waals surface area contributed by atoms with E-state index < -0.39 is 0 Å². The molecule has 0 bridgehead atoms. The number of para-hydroxylation sites is 1. The largest absolute Gasteiger partial charge is 0.363 e. The Morgan fingerprint density at radius 3 is 2.57 bits per heavy atom. The molecule has 148 valence electrons. The van der Waals surface area contributed by atoms with Crippen LogP contribution in [0.15, 0.2) is 59.7 Å². The molecule has 7 heteroatoms. The van der Waals surface area contributed by atoms with Crippen molar-refractivity contribution in [1.29, 1.82) is 0 Å². The van der Waals surface area contributed by atoms with Gasteiger partial charge in [-0.05, 0) is 36.8 Å². The Balaban J connectivity index is 0.00000280. The highest BCUT2D eigenvalue weighted by molar-refractivity contribution is 14.0. The lowest BCUT2D eigenvalue weighted by Crippen LogP contribution is -2.37. The molecule has 2 N–H and O–H groups in total. The van der Waals surface area contributed by atoms with E-state index in [-0.39, 0.29) is 24.0 Å². The summed E-state index contributed by atoms with van der Waals surface area (Å²) in [4.78, 5) is 15.8. The van der Waals surface area contributed by atoms with E-state index in [2.05, 4.69) is 34.7 Å². The van der Waals surface area contributed by atoms with Gasteiger partial charge in [-0.15, -0.1) is 24.0 Å². The molecule has 28 heavy (non-hydrogen) atoms. The fourth-order valence-electron chi connectivity index (χ4n) is 2.77. The third-order valence-corrected chi connectivity index (χ3v) is 4.16. The molecule has 2 heterocycles. The van der Waals surface area contributed by atoms with Gasteiger partial charge in [-0.3, -0.25) is 4.98 Å². The number of nitrogens with one attached hydrogen (secondary N) is 2. The highest BCUT2D eigenvalue weighted by atomic mass is 127. The number of aliphatic imine (C=N–C) groups is 1. The average molecular weight is 490 g/mol. The Morgan fingerprint density at radius 1 is 1.07 bits per heavy atom. The van der Waals surface area contributed by atoms with E-state index in [4.69, 9.17) is 9.98 Å². The van der Waals surface area contributed by atoms with Crippen LogP contribution in [-0.2, 0) is 13.1 Å². The first-order valence-corrected chi connectivity index (χ1v) is 9.15. The van der Waals surface area contributed by atoms with Crippen molar-refractivity contribution in [1.82, 2.24) is 20.6 Å². The number of fused-ring (bicyclic) bond motifs is 1. The number of hydrogen-bond donors (Lipinski definition) is 2. The Labute approximate surface area is 183 Å². The van der Waals surface area contributed by atoms with Crippen molar-refractivity contribution in [3.8, 4) is 0 Å². The fraction of sp³-hybridized carbons (Fsp3) is 0.286. The number of benzene rings is 1. The number of hydrogen-bond acceptors (Lipinski definition) is 4. The topological polar surface area (TPSA) is 65.4 Å². The summed E-state index contributed by atoms with van der Waals surface area (Å²) in [5, 5.41) is 7.77. The predicted octanol–water partition coefficient (Wildman–Crippen LogP) is 3.57. The van der Waals surface area contributed by atoms with Crippen molar-refractivity contribution >= 4 is 46.7 Å². The summed E-state index contributed by atoms with van der Waals surface area (Å²) in [6, 6.07) is 16.2. The van der Waals surface area contributed by atoms with Crippen molar-refractivity contribution in [2.24, 2.45) is 4.99 Å². The van der Waals surface area contributed by atoms with Gasteiger partial charge in [0, 0.05) is 32.2 Å². The van der Waals surface area contributed by atoms with Gasteiger partial charge in [0.05, 0.1) is 24.3 Å². The zero-order valence-electron chi connectivity index (χ0n) is 16.5. The third-order valence-electron chi connectivity index (χ3n) is 4.16. The number of nitrogens with zero attached hydrogens (tertiary/aromatic N) is 4. The molecule has 0 unspecified atom stereocenters. The van der Waals surface area contributed by atoms with Crippen molar-refractivity contribution in [2.75, 3.05) is 25.5 Å². The van der Waals surface area contributed by atoms with Crippen LogP contribution >= 0.6 is 24.0 Å². The fourth-order valence-corrected chi connectivity index (χ4v) is 2.77. The summed E-state index contributed by atoms with van der Waals surface area (Å²) in [5.74, 6) is 1.71. The van der Waals surface area contributed by atoms with Gasteiger partial charge in [-0.2, -0.15) is 0 Å². The van der Waals surface area contributed by atoms with Gasteiger partial charge < -0.3 is 15.5 Å².